The number of carboxylic acid groups (broad SMARTS) is 1. The minimum absolute atomic E-state index is 0.171. The first-order valence-electron chi connectivity index (χ1n) is 7.37. The zero-order chi connectivity index (χ0) is 15.0. The molecule has 1 atom stereocenters. The van der Waals surface area contributed by atoms with Crippen molar-refractivity contribution in [1.82, 2.24) is 5.32 Å². The molecule has 2 N–H and O–H groups in total. The lowest BCUT2D eigenvalue weighted by Gasteiger charge is -2.25. The second-order valence-corrected chi connectivity index (χ2v) is 5.98. The minimum atomic E-state index is -1.05. The molecule has 1 aromatic rings. The average Bonchev–Trinajstić information content (AvgIpc) is 2.92. The zero-order valence-corrected chi connectivity index (χ0v) is 12.1. The molecule has 110 valence electrons. The van der Waals surface area contributed by atoms with Crippen LogP contribution in [0.15, 0.2) is 35.9 Å². The third-order valence-electron chi connectivity index (χ3n) is 4.64. The van der Waals surface area contributed by atoms with Crippen molar-refractivity contribution in [3.8, 4) is 0 Å². The number of rotatable bonds is 4. The lowest BCUT2D eigenvalue weighted by molar-refractivity contribution is -0.147. The fourth-order valence-electron chi connectivity index (χ4n) is 3.35. The van der Waals surface area contributed by atoms with E-state index in [-0.39, 0.29) is 11.8 Å². The van der Waals surface area contributed by atoms with E-state index < -0.39 is 11.5 Å². The van der Waals surface area contributed by atoms with Gasteiger partial charge in [0.2, 0.25) is 5.91 Å². The lowest BCUT2D eigenvalue weighted by atomic mass is 9.97. The smallest absolute Gasteiger partial charge is 0.329 e. The van der Waals surface area contributed by atoms with Gasteiger partial charge in [0, 0.05) is 0 Å². The van der Waals surface area contributed by atoms with Crippen LogP contribution in [0.3, 0.4) is 0 Å². The van der Waals surface area contributed by atoms with Crippen LogP contribution in [0.2, 0.25) is 0 Å². The van der Waals surface area contributed by atoms with Crippen LogP contribution in [0.4, 0.5) is 0 Å². The normalized spacial score (nSPS) is 23.0. The van der Waals surface area contributed by atoms with Crippen molar-refractivity contribution in [3.63, 3.8) is 0 Å². The van der Waals surface area contributed by atoms with E-state index in [1.807, 2.05) is 37.3 Å². The molecule has 2 aliphatic carbocycles. The largest absolute Gasteiger partial charge is 0.480 e. The van der Waals surface area contributed by atoms with Gasteiger partial charge in [0.05, 0.1) is 5.92 Å². The highest BCUT2D eigenvalue weighted by Crippen LogP contribution is 2.47. The van der Waals surface area contributed by atoms with Gasteiger partial charge in [0.1, 0.15) is 5.54 Å². The zero-order valence-electron chi connectivity index (χ0n) is 12.1. The summed E-state index contributed by atoms with van der Waals surface area (Å²) in [6.07, 6.45) is 2.77. The number of benzene rings is 1. The molecule has 1 fully saturated rings. The first-order valence-corrected chi connectivity index (χ1v) is 7.37. The fourth-order valence-corrected chi connectivity index (χ4v) is 3.35. The summed E-state index contributed by atoms with van der Waals surface area (Å²) in [5, 5.41) is 12.2. The molecule has 0 bridgehead atoms. The highest BCUT2D eigenvalue weighted by Gasteiger charge is 2.47. The molecular weight excluding hydrogens is 266 g/mol. The number of aliphatic carboxylic acids is 1. The van der Waals surface area contributed by atoms with Gasteiger partial charge in [-0.15, -0.1) is 0 Å². The van der Waals surface area contributed by atoms with E-state index in [1.54, 1.807) is 0 Å². The second kappa shape index (κ2) is 5.02. The molecule has 3 rings (SSSR count). The van der Waals surface area contributed by atoms with Gasteiger partial charge in [0.15, 0.2) is 0 Å². The van der Waals surface area contributed by atoms with E-state index in [0.29, 0.717) is 12.8 Å². The Morgan fingerprint density at radius 3 is 2.38 bits per heavy atom. The molecule has 0 unspecified atom stereocenters. The van der Waals surface area contributed by atoms with Crippen LogP contribution in [0.25, 0.3) is 5.57 Å². The summed E-state index contributed by atoms with van der Waals surface area (Å²) in [6.45, 7) is 1.94. The van der Waals surface area contributed by atoms with Crippen molar-refractivity contribution in [2.24, 2.45) is 5.92 Å². The van der Waals surface area contributed by atoms with Crippen LogP contribution in [0.1, 0.15) is 38.2 Å². The van der Waals surface area contributed by atoms with Gasteiger partial charge in [0.25, 0.3) is 0 Å². The van der Waals surface area contributed by atoms with Crippen molar-refractivity contribution in [2.75, 3.05) is 0 Å². The Hall–Kier alpha value is -2.10. The van der Waals surface area contributed by atoms with E-state index >= 15 is 0 Å². The van der Waals surface area contributed by atoms with Crippen LogP contribution in [0, 0.1) is 5.92 Å². The summed E-state index contributed by atoms with van der Waals surface area (Å²) in [6, 6.07) is 9.79. The van der Waals surface area contributed by atoms with Crippen molar-refractivity contribution < 1.29 is 14.7 Å². The van der Waals surface area contributed by atoms with Crippen molar-refractivity contribution in [2.45, 2.75) is 38.1 Å². The first-order chi connectivity index (χ1) is 10.1. The molecular formula is C17H19NO3. The van der Waals surface area contributed by atoms with Gasteiger partial charge in [-0.25, -0.2) is 4.79 Å². The molecule has 0 aromatic heterocycles. The summed E-state index contributed by atoms with van der Waals surface area (Å²) < 4.78 is 0. The van der Waals surface area contributed by atoms with Gasteiger partial charge >= 0.3 is 5.97 Å². The van der Waals surface area contributed by atoms with Gasteiger partial charge in [-0.1, -0.05) is 48.7 Å². The Labute approximate surface area is 123 Å². The Bertz CT molecular complexity index is 612. The molecule has 1 amide bonds. The molecule has 0 spiro atoms. The van der Waals surface area contributed by atoms with Gasteiger partial charge in [-0.05, 0) is 30.9 Å². The minimum Gasteiger partial charge on any atom is -0.480 e. The molecule has 4 nitrogen and oxygen atoms in total. The maximum Gasteiger partial charge on any atom is 0.329 e. The van der Waals surface area contributed by atoms with Crippen LogP contribution in [-0.4, -0.2) is 22.5 Å². The quantitative estimate of drug-likeness (QED) is 0.893. The molecule has 4 heteroatoms. The Balaban J connectivity index is 1.72. The summed E-state index contributed by atoms with van der Waals surface area (Å²) in [7, 11) is 0. The monoisotopic (exact) mass is 285 g/mol. The van der Waals surface area contributed by atoms with Crippen LogP contribution >= 0.6 is 0 Å². The second-order valence-electron chi connectivity index (χ2n) is 5.98. The number of hydrogen-bond acceptors (Lipinski definition) is 2. The maximum atomic E-state index is 12.4. The number of carboxylic acids is 1. The standard InChI is InChI=1S/C17H19NO3/c1-11-13(12-7-3-2-4-8-12)14(11)15(19)18-17(16(20)21)9-5-6-10-17/h2-4,7-8,14H,5-6,9-10H2,1H3,(H,18,19)(H,20,21)/t14-/m0/s1. The lowest BCUT2D eigenvalue weighted by Crippen LogP contribution is -2.53. The Kier molecular flexibility index (Phi) is 3.32. The molecule has 1 saturated carbocycles. The highest BCUT2D eigenvalue weighted by atomic mass is 16.4. The number of amides is 1. The summed E-state index contributed by atoms with van der Waals surface area (Å²) >= 11 is 0. The van der Waals surface area contributed by atoms with E-state index in [9.17, 15) is 14.7 Å². The van der Waals surface area contributed by atoms with Crippen molar-refractivity contribution >= 4 is 17.4 Å². The SMILES string of the molecule is CC1=C(c2ccccc2)[C@H]1C(=O)NC1(C(=O)O)CCCC1. The van der Waals surface area contributed by atoms with E-state index in [2.05, 4.69) is 5.32 Å². The molecule has 2 aliphatic rings. The number of carbonyl (C=O) groups is 2. The third kappa shape index (κ3) is 2.35. The number of hydrogen-bond donors (Lipinski definition) is 2. The molecule has 1 aromatic carbocycles. The Morgan fingerprint density at radius 1 is 1.19 bits per heavy atom. The predicted molar refractivity (Wildman–Crippen MR) is 79.5 cm³/mol. The first kappa shape index (κ1) is 13.9. The van der Waals surface area contributed by atoms with Crippen LogP contribution in [0.5, 0.6) is 0 Å². The highest BCUT2D eigenvalue weighted by molar-refractivity contribution is 6.07. The predicted octanol–water partition coefficient (Wildman–Crippen LogP) is 2.60. The molecule has 0 heterocycles. The van der Waals surface area contributed by atoms with Gasteiger partial charge in [-0.2, -0.15) is 0 Å². The molecule has 21 heavy (non-hydrogen) atoms. The average molecular weight is 285 g/mol. The van der Waals surface area contributed by atoms with Gasteiger partial charge < -0.3 is 10.4 Å². The summed E-state index contributed by atoms with van der Waals surface area (Å²) in [5.41, 5.74) is 2.07. The number of nitrogens with one attached hydrogen (secondary N) is 1. The van der Waals surface area contributed by atoms with E-state index in [4.69, 9.17) is 0 Å². The maximum absolute atomic E-state index is 12.4. The van der Waals surface area contributed by atoms with Crippen LogP contribution in [-0.2, 0) is 9.59 Å². The summed E-state index contributed by atoms with van der Waals surface area (Å²) in [4.78, 5) is 24.0. The number of carbonyl (C=O) groups excluding carboxylic acids is 1. The Morgan fingerprint density at radius 2 is 1.81 bits per heavy atom. The van der Waals surface area contributed by atoms with Crippen molar-refractivity contribution in [3.05, 3.63) is 41.5 Å². The summed E-state index contributed by atoms with van der Waals surface area (Å²) in [5.74, 6) is -1.34. The van der Waals surface area contributed by atoms with Crippen molar-refractivity contribution in [1.29, 1.82) is 0 Å². The topological polar surface area (TPSA) is 66.4 Å². The van der Waals surface area contributed by atoms with E-state index in [0.717, 1.165) is 29.6 Å². The molecule has 0 aliphatic heterocycles. The third-order valence-corrected chi connectivity index (χ3v) is 4.64. The fraction of sp³-hybridized carbons (Fsp3) is 0.412. The molecule has 0 saturated heterocycles. The van der Waals surface area contributed by atoms with Gasteiger partial charge in [-0.3, -0.25) is 4.79 Å². The van der Waals surface area contributed by atoms with Crippen LogP contribution < -0.4 is 5.32 Å². The van der Waals surface area contributed by atoms with E-state index in [1.165, 1.54) is 0 Å². The molecule has 0 radical (unpaired) electrons.